The summed E-state index contributed by atoms with van der Waals surface area (Å²) in [6.45, 7) is 0. The third-order valence-electron chi connectivity index (χ3n) is 10.6. The van der Waals surface area contributed by atoms with Crippen LogP contribution in [-0.4, -0.2) is 19.9 Å². The first-order valence-corrected chi connectivity index (χ1v) is 18.4. The Labute approximate surface area is 316 Å². The molecule has 0 radical (unpaired) electrons. The van der Waals surface area contributed by atoms with Gasteiger partial charge >= 0.3 is 0 Å². The fourth-order valence-corrected chi connectivity index (χ4v) is 7.93. The second-order valence-corrected chi connectivity index (χ2v) is 13.8. The third-order valence-corrected chi connectivity index (χ3v) is 10.6. The van der Waals surface area contributed by atoms with Gasteiger partial charge in [0.05, 0.1) is 39.4 Å². The number of benzene rings is 6. The maximum Gasteiger partial charge on any atom is 0.147 e. The lowest BCUT2D eigenvalue weighted by molar-refractivity contribution is 0.672. The van der Waals surface area contributed by atoms with Gasteiger partial charge < -0.3 is 4.42 Å². The summed E-state index contributed by atoms with van der Waals surface area (Å²) < 4.78 is 6.67. The van der Waals surface area contributed by atoms with Gasteiger partial charge in [0, 0.05) is 28.7 Å². The van der Waals surface area contributed by atoms with Crippen LogP contribution in [0.25, 0.3) is 111 Å². The number of pyridine rings is 4. The summed E-state index contributed by atoms with van der Waals surface area (Å²) in [6.07, 6.45) is 3.59. The van der Waals surface area contributed by atoms with Crippen LogP contribution >= 0.6 is 0 Å². The molecule has 0 fully saturated rings. The van der Waals surface area contributed by atoms with Crippen LogP contribution in [0.3, 0.4) is 0 Å². The lowest BCUT2D eigenvalue weighted by Gasteiger charge is -2.13. The topological polar surface area (TPSA) is 64.7 Å². The van der Waals surface area contributed by atoms with Gasteiger partial charge in [-0.3, -0.25) is 9.97 Å². The molecule has 6 aromatic carbocycles. The Morgan fingerprint density at radius 3 is 1.69 bits per heavy atom. The molecule has 0 bridgehead atoms. The van der Waals surface area contributed by atoms with Crippen molar-refractivity contribution in [2.24, 2.45) is 0 Å². The molecule has 0 amide bonds. The van der Waals surface area contributed by atoms with Crippen molar-refractivity contribution in [3.05, 3.63) is 182 Å². The highest BCUT2D eigenvalue weighted by Crippen LogP contribution is 2.43. The quantitative estimate of drug-likeness (QED) is 0.167. The molecule has 0 atom stereocenters. The molecule has 0 aliphatic rings. The molecule has 0 unspecified atom stereocenters. The zero-order valence-electron chi connectivity index (χ0n) is 29.5. The van der Waals surface area contributed by atoms with Crippen LogP contribution in [0, 0.1) is 0 Å². The van der Waals surface area contributed by atoms with Crippen LogP contribution in [-0.2, 0) is 0 Å². The highest BCUT2D eigenvalue weighted by molar-refractivity contribution is 6.23. The number of nitrogens with zero attached hydrogens (tertiary/aromatic N) is 4. The van der Waals surface area contributed by atoms with Crippen LogP contribution < -0.4 is 0 Å². The van der Waals surface area contributed by atoms with E-state index in [2.05, 4.69) is 131 Å². The minimum atomic E-state index is 0.801. The van der Waals surface area contributed by atoms with Crippen molar-refractivity contribution in [2.45, 2.75) is 0 Å². The van der Waals surface area contributed by atoms with Gasteiger partial charge in [-0.25, -0.2) is 9.97 Å². The van der Waals surface area contributed by atoms with Gasteiger partial charge in [-0.15, -0.1) is 0 Å². The number of rotatable bonds is 5. The van der Waals surface area contributed by atoms with Gasteiger partial charge in [0.25, 0.3) is 0 Å². The van der Waals surface area contributed by atoms with Crippen molar-refractivity contribution in [2.75, 3.05) is 0 Å². The second-order valence-electron chi connectivity index (χ2n) is 13.8. The Morgan fingerprint density at radius 2 is 0.982 bits per heavy atom. The molecule has 0 aliphatic carbocycles. The van der Waals surface area contributed by atoms with E-state index in [0.717, 1.165) is 89.1 Å². The predicted molar refractivity (Wildman–Crippen MR) is 225 cm³/mol. The summed E-state index contributed by atoms with van der Waals surface area (Å²) in [5, 5.41) is 7.87. The predicted octanol–water partition coefficient (Wildman–Crippen LogP) is 13.0. The van der Waals surface area contributed by atoms with E-state index in [-0.39, 0.29) is 0 Å². The number of para-hydroxylation sites is 1. The van der Waals surface area contributed by atoms with Gasteiger partial charge in [-0.05, 0) is 104 Å². The molecule has 11 aromatic rings. The molecule has 55 heavy (non-hydrogen) atoms. The minimum absolute atomic E-state index is 0.801. The largest absolute Gasteiger partial charge is 0.455 e. The highest BCUT2D eigenvalue weighted by Gasteiger charge is 2.20. The zero-order valence-corrected chi connectivity index (χ0v) is 29.5. The van der Waals surface area contributed by atoms with E-state index < -0.39 is 0 Å². The Balaban J connectivity index is 1.06. The summed E-state index contributed by atoms with van der Waals surface area (Å²) in [7, 11) is 0. The molecule has 0 spiro atoms. The molecule has 5 aromatic heterocycles. The molecule has 0 saturated heterocycles. The van der Waals surface area contributed by atoms with Crippen LogP contribution in [0.5, 0.6) is 0 Å². The van der Waals surface area contributed by atoms with Crippen LogP contribution in [0.2, 0.25) is 0 Å². The molecule has 11 rings (SSSR count). The normalized spacial score (nSPS) is 11.6. The average molecular weight is 703 g/mol. The van der Waals surface area contributed by atoms with E-state index in [1.165, 1.54) is 21.5 Å². The van der Waals surface area contributed by atoms with E-state index in [1.807, 2.05) is 48.5 Å². The highest BCUT2D eigenvalue weighted by atomic mass is 16.3. The SMILES string of the molecule is c1ccc(-c2cc(-c3ccc(-c4ccc5c(c4)nc(-c4cc6ccccc6c6ccccc46)c4c6ccccc6oc54)cc3)cc(-c3ccccn3)n2)nc1. The van der Waals surface area contributed by atoms with E-state index in [0.29, 0.717) is 0 Å². The lowest BCUT2D eigenvalue weighted by atomic mass is 9.93. The van der Waals surface area contributed by atoms with E-state index in [4.69, 9.17) is 14.4 Å². The van der Waals surface area contributed by atoms with Crippen molar-refractivity contribution in [3.63, 3.8) is 0 Å². The van der Waals surface area contributed by atoms with Gasteiger partial charge in [0.2, 0.25) is 0 Å². The van der Waals surface area contributed by atoms with Gasteiger partial charge in [-0.2, -0.15) is 0 Å². The molecule has 5 nitrogen and oxygen atoms in total. The molecular weight excluding hydrogens is 673 g/mol. The molecule has 256 valence electrons. The van der Waals surface area contributed by atoms with E-state index >= 15 is 0 Å². The van der Waals surface area contributed by atoms with Gasteiger partial charge in [-0.1, -0.05) is 109 Å². The summed E-state index contributed by atoms with van der Waals surface area (Å²) in [6, 6.07) is 58.9. The Bertz CT molecular complexity index is 3190. The summed E-state index contributed by atoms with van der Waals surface area (Å²) in [5.74, 6) is 0. The molecule has 5 heterocycles. The van der Waals surface area contributed by atoms with Crippen LogP contribution in [0.1, 0.15) is 0 Å². The number of aromatic nitrogens is 4. The van der Waals surface area contributed by atoms with Crippen molar-refractivity contribution < 1.29 is 4.42 Å². The number of fused-ring (bicyclic) bond motifs is 8. The summed E-state index contributed by atoms with van der Waals surface area (Å²) in [4.78, 5) is 19.6. The first kappa shape index (κ1) is 31.1. The Morgan fingerprint density at radius 1 is 0.382 bits per heavy atom. The first-order chi connectivity index (χ1) is 27.2. The second kappa shape index (κ2) is 12.6. The minimum Gasteiger partial charge on any atom is -0.455 e. The van der Waals surface area contributed by atoms with E-state index in [1.54, 1.807) is 12.4 Å². The number of hydrogen-bond acceptors (Lipinski definition) is 5. The summed E-state index contributed by atoms with van der Waals surface area (Å²) in [5.41, 5.74) is 12.1. The maximum atomic E-state index is 6.67. The molecular formula is C50H30N4O. The number of furan rings is 1. The van der Waals surface area contributed by atoms with Crippen molar-refractivity contribution in [1.82, 2.24) is 19.9 Å². The van der Waals surface area contributed by atoms with Crippen molar-refractivity contribution in [1.29, 1.82) is 0 Å². The average Bonchev–Trinajstić information content (AvgIpc) is 3.66. The maximum absolute atomic E-state index is 6.67. The van der Waals surface area contributed by atoms with Crippen molar-refractivity contribution >= 4 is 54.4 Å². The smallest absolute Gasteiger partial charge is 0.147 e. The van der Waals surface area contributed by atoms with Crippen LogP contribution in [0.15, 0.2) is 187 Å². The van der Waals surface area contributed by atoms with Gasteiger partial charge in [0.1, 0.15) is 11.2 Å². The van der Waals surface area contributed by atoms with Gasteiger partial charge in [0.15, 0.2) is 0 Å². The van der Waals surface area contributed by atoms with E-state index in [9.17, 15) is 0 Å². The molecule has 0 aliphatic heterocycles. The number of hydrogen-bond donors (Lipinski definition) is 0. The molecule has 0 saturated carbocycles. The van der Waals surface area contributed by atoms with Crippen LogP contribution in [0.4, 0.5) is 0 Å². The monoisotopic (exact) mass is 702 g/mol. The molecule has 0 N–H and O–H groups in total. The lowest BCUT2D eigenvalue weighted by Crippen LogP contribution is -1.94. The fraction of sp³-hybridized carbons (Fsp3) is 0. The summed E-state index contributed by atoms with van der Waals surface area (Å²) >= 11 is 0. The third kappa shape index (κ3) is 5.24. The Kier molecular flexibility index (Phi) is 7.10. The fourth-order valence-electron chi connectivity index (χ4n) is 7.93. The zero-order chi connectivity index (χ0) is 36.3. The van der Waals surface area contributed by atoms with Crippen molar-refractivity contribution in [3.8, 4) is 56.3 Å². The molecule has 5 heteroatoms. The first-order valence-electron chi connectivity index (χ1n) is 18.4. The standard InChI is InChI=1S/C50H30N4O/c1-2-12-36-34(11-1)27-41(38-14-4-3-13-37(36)38)49-48-40-15-5-6-18-47(40)55-50(48)39-24-23-33(28-44(39)54-49)31-19-21-32(22-20-31)35-29-45(42-16-7-9-25-51-42)53-46(30-35)43-17-8-10-26-52-43/h1-30H. The Hall–Kier alpha value is -7.50.